The van der Waals surface area contributed by atoms with Gasteiger partial charge >= 0.3 is 0 Å². The van der Waals surface area contributed by atoms with Crippen LogP contribution < -0.4 is 5.32 Å². The fraction of sp³-hybridized carbons (Fsp3) is 0.217. The molecular formula is C23H22N4O2S. The van der Waals surface area contributed by atoms with Gasteiger partial charge in [-0.15, -0.1) is 11.3 Å². The number of piperidine rings is 1. The van der Waals surface area contributed by atoms with Crippen LogP contribution in [0.5, 0.6) is 0 Å². The Kier molecular flexibility index (Phi) is 6.29. The maximum atomic E-state index is 12.7. The lowest BCUT2D eigenvalue weighted by Gasteiger charge is -2.31. The van der Waals surface area contributed by atoms with Gasteiger partial charge in [0.15, 0.2) is 0 Å². The predicted molar refractivity (Wildman–Crippen MR) is 119 cm³/mol. The molecule has 0 saturated carbocycles. The van der Waals surface area contributed by atoms with E-state index >= 15 is 0 Å². The van der Waals surface area contributed by atoms with Crippen LogP contribution in [0.1, 0.15) is 22.5 Å². The van der Waals surface area contributed by atoms with Crippen LogP contribution in [0.15, 0.2) is 82.3 Å². The van der Waals surface area contributed by atoms with E-state index in [1.807, 2.05) is 72.1 Å². The maximum Gasteiger partial charge on any atom is 0.263 e. The zero-order valence-electron chi connectivity index (χ0n) is 16.4. The molecule has 7 heteroatoms. The number of hydrogen-bond acceptors (Lipinski definition) is 5. The van der Waals surface area contributed by atoms with Crippen molar-refractivity contribution in [2.75, 3.05) is 18.4 Å². The molecule has 3 aromatic rings. The largest absolute Gasteiger partial charge is 0.337 e. The van der Waals surface area contributed by atoms with Crippen LogP contribution in [0.4, 0.5) is 17.1 Å². The summed E-state index contributed by atoms with van der Waals surface area (Å²) in [4.78, 5) is 27.8. The van der Waals surface area contributed by atoms with E-state index in [1.54, 1.807) is 4.90 Å². The summed E-state index contributed by atoms with van der Waals surface area (Å²) >= 11 is 1.43. The SMILES string of the molecule is O=C(Nc1ccc(N=Nc2ccccc2)cc1)C1CCCN(C(=O)c2cccs2)C1. The minimum atomic E-state index is -0.208. The molecule has 1 aliphatic heterocycles. The Balaban J connectivity index is 1.34. The average Bonchev–Trinajstić information content (AvgIpc) is 3.34. The van der Waals surface area contributed by atoms with Crippen molar-refractivity contribution < 1.29 is 9.59 Å². The molecule has 1 N–H and O–H groups in total. The highest BCUT2D eigenvalue weighted by Gasteiger charge is 2.29. The standard InChI is InChI=1S/C23H22N4O2S/c28-22(17-6-4-14-27(16-17)23(29)21-9-5-15-30-21)24-18-10-12-20(13-11-18)26-25-19-7-2-1-3-8-19/h1-3,5,7-13,15,17H,4,6,14,16H2,(H,24,28). The summed E-state index contributed by atoms with van der Waals surface area (Å²) in [7, 11) is 0. The summed E-state index contributed by atoms with van der Waals surface area (Å²) in [6, 6.07) is 20.5. The minimum Gasteiger partial charge on any atom is -0.337 e. The van der Waals surface area contributed by atoms with E-state index in [0.29, 0.717) is 24.5 Å². The maximum absolute atomic E-state index is 12.7. The van der Waals surface area contributed by atoms with Gasteiger partial charge in [-0.05, 0) is 60.7 Å². The van der Waals surface area contributed by atoms with E-state index in [2.05, 4.69) is 15.5 Å². The number of thiophene rings is 1. The fourth-order valence-corrected chi connectivity index (χ4v) is 4.09. The number of rotatable bonds is 5. The third kappa shape index (κ3) is 4.99. The number of amides is 2. The highest BCUT2D eigenvalue weighted by Crippen LogP contribution is 2.23. The van der Waals surface area contributed by atoms with Crippen LogP contribution in [0, 0.1) is 5.92 Å². The second kappa shape index (κ2) is 9.45. The van der Waals surface area contributed by atoms with Crippen LogP contribution >= 0.6 is 11.3 Å². The number of carbonyl (C=O) groups is 2. The summed E-state index contributed by atoms with van der Waals surface area (Å²) in [5, 5.41) is 13.3. The number of anilines is 1. The second-order valence-corrected chi connectivity index (χ2v) is 8.09. The number of benzene rings is 2. The second-order valence-electron chi connectivity index (χ2n) is 7.14. The smallest absolute Gasteiger partial charge is 0.263 e. The van der Waals surface area contributed by atoms with E-state index in [9.17, 15) is 9.59 Å². The predicted octanol–water partition coefficient (Wildman–Crippen LogP) is 5.65. The summed E-state index contributed by atoms with van der Waals surface area (Å²) in [5.74, 6) is -0.256. The summed E-state index contributed by atoms with van der Waals surface area (Å²) in [6.07, 6.45) is 1.61. The zero-order chi connectivity index (χ0) is 20.8. The third-order valence-electron chi connectivity index (χ3n) is 4.98. The summed E-state index contributed by atoms with van der Waals surface area (Å²) in [6.45, 7) is 1.15. The Hall–Kier alpha value is -3.32. The number of azo groups is 1. The first kappa shape index (κ1) is 20.0. The molecule has 0 bridgehead atoms. The van der Waals surface area contributed by atoms with Gasteiger partial charge in [-0.25, -0.2) is 0 Å². The van der Waals surface area contributed by atoms with Crippen LogP contribution in [-0.2, 0) is 4.79 Å². The first-order valence-electron chi connectivity index (χ1n) is 9.89. The Morgan fingerprint density at radius 3 is 2.37 bits per heavy atom. The molecule has 152 valence electrons. The summed E-state index contributed by atoms with van der Waals surface area (Å²) in [5.41, 5.74) is 2.21. The monoisotopic (exact) mass is 418 g/mol. The first-order chi connectivity index (χ1) is 14.7. The van der Waals surface area contributed by atoms with E-state index in [4.69, 9.17) is 0 Å². The van der Waals surface area contributed by atoms with Gasteiger partial charge in [0.25, 0.3) is 5.91 Å². The van der Waals surface area contributed by atoms with Gasteiger partial charge in [0.1, 0.15) is 0 Å². The normalized spacial score (nSPS) is 16.5. The number of nitrogens with zero attached hydrogens (tertiary/aromatic N) is 3. The lowest BCUT2D eigenvalue weighted by Crippen LogP contribution is -2.43. The van der Waals surface area contributed by atoms with Crippen molar-refractivity contribution >= 4 is 40.2 Å². The molecule has 1 aliphatic rings. The van der Waals surface area contributed by atoms with Gasteiger partial charge in [-0.2, -0.15) is 10.2 Å². The molecule has 0 radical (unpaired) electrons. The number of nitrogens with one attached hydrogen (secondary N) is 1. The van der Waals surface area contributed by atoms with Gasteiger partial charge in [-0.1, -0.05) is 24.3 Å². The molecule has 6 nitrogen and oxygen atoms in total. The average molecular weight is 419 g/mol. The molecule has 2 aromatic carbocycles. The van der Waals surface area contributed by atoms with Crippen LogP contribution in [-0.4, -0.2) is 29.8 Å². The van der Waals surface area contributed by atoms with Gasteiger partial charge < -0.3 is 10.2 Å². The van der Waals surface area contributed by atoms with Crippen molar-refractivity contribution in [2.45, 2.75) is 12.8 Å². The van der Waals surface area contributed by atoms with E-state index < -0.39 is 0 Å². The molecule has 1 aromatic heterocycles. The van der Waals surface area contributed by atoms with Gasteiger partial charge in [0, 0.05) is 18.8 Å². The molecule has 1 fully saturated rings. The fourth-order valence-electron chi connectivity index (χ4n) is 3.40. The van der Waals surface area contributed by atoms with E-state index in [-0.39, 0.29) is 17.7 Å². The van der Waals surface area contributed by atoms with Gasteiger partial charge in [0.2, 0.25) is 5.91 Å². The molecule has 2 amide bonds. The Bertz CT molecular complexity index is 1020. The lowest BCUT2D eigenvalue weighted by molar-refractivity contribution is -0.121. The number of likely N-dealkylation sites (tertiary alicyclic amines) is 1. The Labute approximate surface area is 179 Å². The quantitative estimate of drug-likeness (QED) is 0.543. The first-order valence-corrected chi connectivity index (χ1v) is 10.8. The third-order valence-corrected chi connectivity index (χ3v) is 5.84. The molecule has 2 heterocycles. The Morgan fingerprint density at radius 2 is 1.67 bits per heavy atom. The molecule has 0 spiro atoms. The van der Waals surface area contributed by atoms with Gasteiger partial charge in [0.05, 0.1) is 22.2 Å². The van der Waals surface area contributed by atoms with Gasteiger partial charge in [-0.3, -0.25) is 9.59 Å². The molecule has 1 saturated heterocycles. The Morgan fingerprint density at radius 1 is 0.933 bits per heavy atom. The van der Waals surface area contributed by atoms with Crippen molar-refractivity contribution in [1.82, 2.24) is 4.90 Å². The van der Waals surface area contributed by atoms with Crippen molar-refractivity contribution in [1.29, 1.82) is 0 Å². The van der Waals surface area contributed by atoms with Crippen molar-refractivity contribution in [3.63, 3.8) is 0 Å². The molecular weight excluding hydrogens is 396 g/mol. The molecule has 0 aliphatic carbocycles. The summed E-state index contributed by atoms with van der Waals surface area (Å²) < 4.78 is 0. The van der Waals surface area contributed by atoms with Crippen molar-refractivity contribution in [3.8, 4) is 0 Å². The minimum absolute atomic E-state index is 0.00984. The van der Waals surface area contributed by atoms with E-state index in [1.165, 1.54) is 11.3 Å². The van der Waals surface area contributed by atoms with Crippen LogP contribution in [0.25, 0.3) is 0 Å². The zero-order valence-corrected chi connectivity index (χ0v) is 17.2. The lowest BCUT2D eigenvalue weighted by atomic mass is 9.97. The highest BCUT2D eigenvalue weighted by molar-refractivity contribution is 7.12. The molecule has 1 atom stereocenters. The van der Waals surface area contributed by atoms with E-state index in [0.717, 1.165) is 23.4 Å². The topological polar surface area (TPSA) is 74.1 Å². The molecule has 30 heavy (non-hydrogen) atoms. The van der Waals surface area contributed by atoms with Crippen molar-refractivity contribution in [2.24, 2.45) is 16.1 Å². The number of carbonyl (C=O) groups excluding carboxylic acids is 2. The highest BCUT2D eigenvalue weighted by atomic mass is 32.1. The number of hydrogen-bond donors (Lipinski definition) is 1. The van der Waals surface area contributed by atoms with Crippen molar-refractivity contribution in [3.05, 3.63) is 77.0 Å². The molecule has 4 rings (SSSR count). The van der Waals surface area contributed by atoms with Crippen LogP contribution in [0.3, 0.4) is 0 Å². The molecule has 1 unspecified atom stereocenters. The van der Waals surface area contributed by atoms with Crippen LogP contribution in [0.2, 0.25) is 0 Å².